The number of primary sulfonamides is 1. The van der Waals surface area contributed by atoms with Gasteiger partial charge in [-0.2, -0.15) is 0 Å². The second-order valence-corrected chi connectivity index (χ2v) is 11.3. The molecule has 0 atom stereocenters. The molecule has 0 saturated heterocycles. The Morgan fingerprint density at radius 1 is 1.08 bits per heavy atom. The van der Waals surface area contributed by atoms with Crippen molar-refractivity contribution in [3.8, 4) is 17.2 Å². The number of benzene rings is 2. The van der Waals surface area contributed by atoms with Crippen LogP contribution in [0, 0.1) is 13.8 Å². The zero-order chi connectivity index (χ0) is 25.9. The van der Waals surface area contributed by atoms with Crippen LogP contribution in [0.15, 0.2) is 69.1 Å². The Labute approximate surface area is 222 Å². The standard InChI is InChI=1S/C26H22BrN5O4S/c1-14-8-19(15(2)32(14)17-6-7-23-24(10-17)36-13-35-23)21-11-22-26(31-21)25(20(27)12-29-22)30-16-4-3-5-18(9-16)37(28,33)34/h3-10,12H,11,13H2,1-2H3,(H,29,30)(H2,28,33,34). The summed E-state index contributed by atoms with van der Waals surface area (Å²) in [6.07, 6.45) is 2.29. The zero-order valence-corrected chi connectivity index (χ0v) is 22.4. The highest BCUT2D eigenvalue weighted by atomic mass is 79.9. The van der Waals surface area contributed by atoms with E-state index >= 15 is 0 Å². The number of hydrogen-bond acceptors (Lipinski definition) is 7. The lowest BCUT2D eigenvalue weighted by Gasteiger charge is -2.12. The molecule has 0 fully saturated rings. The topological polar surface area (TPSA) is 121 Å². The lowest BCUT2D eigenvalue weighted by Crippen LogP contribution is -2.12. The molecule has 2 aromatic carbocycles. The molecule has 0 amide bonds. The van der Waals surface area contributed by atoms with Gasteiger partial charge in [0.05, 0.1) is 26.5 Å². The van der Waals surface area contributed by atoms with Gasteiger partial charge in [-0.05, 0) is 66.2 Å². The fourth-order valence-corrected chi connectivity index (χ4v) is 5.70. The summed E-state index contributed by atoms with van der Waals surface area (Å²) >= 11 is 3.56. The highest BCUT2D eigenvalue weighted by Gasteiger charge is 2.26. The van der Waals surface area contributed by atoms with Gasteiger partial charge in [0.15, 0.2) is 11.5 Å². The third kappa shape index (κ3) is 4.18. The van der Waals surface area contributed by atoms with Crippen LogP contribution >= 0.6 is 15.9 Å². The summed E-state index contributed by atoms with van der Waals surface area (Å²) in [5.74, 6) is 1.47. The average molecular weight is 580 g/mol. The van der Waals surface area contributed by atoms with E-state index in [4.69, 9.17) is 19.6 Å². The molecule has 9 nitrogen and oxygen atoms in total. The normalized spacial score (nSPS) is 14.0. The van der Waals surface area contributed by atoms with Gasteiger partial charge in [-0.25, -0.2) is 18.5 Å². The summed E-state index contributed by atoms with van der Waals surface area (Å²) in [5, 5.41) is 8.60. The number of anilines is 2. The molecule has 37 heavy (non-hydrogen) atoms. The zero-order valence-electron chi connectivity index (χ0n) is 19.9. The Bertz CT molecular complexity index is 1730. The molecule has 11 heteroatoms. The minimum absolute atomic E-state index is 0.0273. The Morgan fingerprint density at radius 2 is 1.89 bits per heavy atom. The van der Waals surface area contributed by atoms with E-state index in [1.54, 1.807) is 18.3 Å². The summed E-state index contributed by atoms with van der Waals surface area (Å²) in [4.78, 5) is 9.60. The molecule has 0 saturated carbocycles. The van der Waals surface area contributed by atoms with Crippen LogP contribution in [0.25, 0.3) is 5.69 Å². The number of ether oxygens (including phenoxy) is 2. The molecule has 0 spiro atoms. The number of aryl methyl sites for hydroxylation is 1. The van der Waals surface area contributed by atoms with Crippen LogP contribution in [0.4, 0.5) is 17.1 Å². The van der Waals surface area contributed by atoms with E-state index in [-0.39, 0.29) is 11.7 Å². The van der Waals surface area contributed by atoms with E-state index < -0.39 is 10.0 Å². The van der Waals surface area contributed by atoms with E-state index in [0.29, 0.717) is 28.0 Å². The Hall–Kier alpha value is -3.67. The summed E-state index contributed by atoms with van der Waals surface area (Å²) in [5.41, 5.74) is 7.86. The van der Waals surface area contributed by atoms with E-state index in [0.717, 1.165) is 45.5 Å². The van der Waals surface area contributed by atoms with Crippen LogP contribution in [-0.2, 0) is 16.4 Å². The molecule has 0 aliphatic carbocycles. The molecular formula is C26H22BrN5O4S. The molecule has 2 aliphatic rings. The number of aromatic nitrogens is 2. The van der Waals surface area contributed by atoms with E-state index in [1.165, 1.54) is 12.1 Å². The fourth-order valence-electron chi connectivity index (χ4n) is 4.75. The minimum atomic E-state index is -3.83. The molecule has 4 aromatic rings. The maximum Gasteiger partial charge on any atom is 0.238 e. The molecule has 2 aromatic heterocycles. The summed E-state index contributed by atoms with van der Waals surface area (Å²) in [7, 11) is -3.83. The molecule has 188 valence electrons. The first-order valence-electron chi connectivity index (χ1n) is 11.4. The molecule has 3 N–H and O–H groups in total. The molecule has 0 bridgehead atoms. The van der Waals surface area contributed by atoms with Crippen molar-refractivity contribution in [2.75, 3.05) is 12.1 Å². The van der Waals surface area contributed by atoms with Crippen molar-refractivity contribution < 1.29 is 17.9 Å². The van der Waals surface area contributed by atoms with Crippen molar-refractivity contribution in [3.63, 3.8) is 0 Å². The maximum absolute atomic E-state index is 11.8. The van der Waals surface area contributed by atoms with E-state index in [9.17, 15) is 8.42 Å². The predicted octanol–water partition coefficient (Wildman–Crippen LogP) is 5.05. The van der Waals surface area contributed by atoms with Gasteiger partial charge in [-0.15, -0.1) is 0 Å². The van der Waals surface area contributed by atoms with Gasteiger partial charge in [-0.3, -0.25) is 4.98 Å². The second kappa shape index (κ2) is 8.72. The highest BCUT2D eigenvalue weighted by Crippen LogP contribution is 2.42. The summed E-state index contributed by atoms with van der Waals surface area (Å²) in [6.45, 7) is 4.36. The van der Waals surface area contributed by atoms with Crippen LogP contribution in [0.5, 0.6) is 11.5 Å². The highest BCUT2D eigenvalue weighted by molar-refractivity contribution is 9.10. The van der Waals surface area contributed by atoms with E-state index in [1.807, 2.05) is 18.2 Å². The number of fused-ring (bicyclic) bond motifs is 2. The first-order chi connectivity index (χ1) is 17.7. The molecule has 0 radical (unpaired) electrons. The SMILES string of the molecule is Cc1cc(C2=Nc3c(ncc(Br)c3Nc3cccc(S(N)(=O)=O)c3)C2)c(C)n1-c1ccc2c(c1)OCO2. The summed E-state index contributed by atoms with van der Waals surface area (Å²) in [6, 6.07) is 14.4. The third-order valence-corrected chi connectivity index (χ3v) is 7.96. The number of nitrogens with two attached hydrogens (primary N) is 1. The first kappa shape index (κ1) is 23.7. The van der Waals surface area contributed by atoms with Gasteiger partial charge in [-0.1, -0.05) is 6.07 Å². The number of hydrogen-bond donors (Lipinski definition) is 2. The molecule has 0 unspecified atom stereocenters. The number of halogens is 1. The van der Waals surface area contributed by atoms with Crippen LogP contribution in [-0.4, -0.2) is 30.5 Å². The van der Waals surface area contributed by atoms with Gasteiger partial charge >= 0.3 is 0 Å². The monoisotopic (exact) mass is 579 g/mol. The molecule has 4 heterocycles. The van der Waals surface area contributed by atoms with Crippen LogP contribution in [0.2, 0.25) is 0 Å². The minimum Gasteiger partial charge on any atom is -0.454 e. The van der Waals surface area contributed by atoms with Crippen LogP contribution < -0.4 is 19.9 Å². The molecular weight excluding hydrogens is 558 g/mol. The van der Waals surface area contributed by atoms with Gasteiger partial charge in [0, 0.05) is 47.0 Å². The largest absolute Gasteiger partial charge is 0.454 e. The van der Waals surface area contributed by atoms with Crippen LogP contribution in [0.3, 0.4) is 0 Å². The number of rotatable bonds is 5. The van der Waals surface area contributed by atoms with Gasteiger partial charge < -0.3 is 19.4 Å². The van der Waals surface area contributed by atoms with Gasteiger partial charge in [0.1, 0.15) is 5.69 Å². The lowest BCUT2D eigenvalue weighted by atomic mass is 10.1. The molecule has 6 rings (SSSR count). The number of nitrogens with zero attached hydrogens (tertiary/aromatic N) is 3. The number of pyridine rings is 1. The fraction of sp³-hybridized carbons (Fsp3) is 0.154. The second-order valence-electron chi connectivity index (χ2n) is 8.87. The quantitative estimate of drug-likeness (QED) is 0.341. The smallest absolute Gasteiger partial charge is 0.238 e. The van der Waals surface area contributed by atoms with Crippen molar-refractivity contribution in [1.29, 1.82) is 0 Å². The first-order valence-corrected chi connectivity index (χ1v) is 13.8. The van der Waals surface area contributed by atoms with Crippen molar-refractivity contribution >= 4 is 48.7 Å². The van der Waals surface area contributed by atoms with Crippen molar-refractivity contribution in [2.45, 2.75) is 25.2 Å². The van der Waals surface area contributed by atoms with Crippen molar-refractivity contribution in [3.05, 3.63) is 81.8 Å². The van der Waals surface area contributed by atoms with Gasteiger partial charge in [0.2, 0.25) is 16.8 Å². The van der Waals surface area contributed by atoms with Gasteiger partial charge in [0.25, 0.3) is 0 Å². The third-order valence-electron chi connectivity index (χ3n) is 6.45. The van der Waals surface area contributed by atoms with Crippen LogP contribution in [0.1, 0.15) is 22.6 Å². The van der Waals surface area contributed by atoms with E-state index in [2.05, 4.69) is 50.7 Å². The number of sulfonamides is 1. The Morgan fingerprint density at radius 3 is 2.70 bits per heavy atom. The lowest BCUT2D eigenvalue weighted by molar-refractivity contribution is 0.174. The number of nitrogens with one attached hydrogen (secondary N) is 1. The predicted molar refractivity (Wildman–Crippen MR) is 144 cm³/mol. The maximum atomic E-state index is 11.8. The Balaban J connectivity index is 1.37. The Kier molecular flexibility index (Phi) is 5.59. The average Bonchev–Trinajstić information content (AvgIpc) is 3.57. The summed E-state index contributed by atoms with van der Waals surface area (Å²) < 4.78 is 37.5. The number of aliphatic imine (C=N–C) groups is 1. The molecule has 2 aliphatic heterocycles. The van der Waals surface area contributed by atoms with Crippen molar-refractivity contribution in [2.24, 2.45) is 10.1 Å². The van der Waals surface area contributed by atoms with Crippen molar-refractivity contribution in [1.82, 2.24) is 9.55 Å².